The van der Waals surface area contributed by atoms with Crippen molar-refractivity contribution in [2.45, 2.75) is 32.9 Å². The van der Waals surface area contributed by atoms with Crippen molar-refractivity contribution in [1.29, 1.82) is 0 Å². The van der Waals surface area contributed by atoms with Gasteiger partial charge >= 0.3 is 0 Å². The number of nitrogens with zero attached hydrogens (tertiary/aromatic N) is 1. The van der Waals surface area contributed by atoms with Crippen molar-refractivity contribution in [1.82, 2.24) is 10.2 Å². The number of amides is 2. The van der Waals surface area contributed by atoms with Gasteiger partial charge in [0.2, 0.25) is 0 Å². The summed E-state index contributed by atoms with van der Waals surface area (Å²) < 4.78 is 16.4. The lowest BCUT2D eigenvalue weighted by atomic mass is 9.97. The van der Waals surface area contributed by atoms with Gasteiger partial charge in [0.1, 0.15) is 11.5 Å². The zero-order chi connectivity index (χ0) is 24.5. The summed E-state index contributed by atoms with van der Waals surface area (Å²) in [5.74, 6) is -0.354. The molecule has 34 heavy (non-hydrogen) atoms. The molecule has 1 unspecified atom stereocenters. The fourth-order valence-corrected chi connectivity index (χ4v) is 3.94. The quantitative estimate of drug-likeness (QED) is 0.463. The second kappa shape index (κ2) is 12.1. The van der Waals surface area contributed by atoms with E-state index in [1.54, 1.807) is 25.3 Å². The van der Waals surface area contributed by atoms with Crippen molar-refractivity contribution in [3.8, 4) is 11.5 Å². The van der Waals surface area contributed by atoms with Crippen molar-refractivity contribution < 1.29 is 28.9 Å². The van der Waals surface area contributed by atoms with Crippen molar-refractivity contribution in [3.63, 3.8) is 0 Å². The SMILES string of the molecule is CCOCCCN1C(=O)C(O)=C(C(=O)NCc2ccc(OC)cc2)C1c1ccccc1OCC. The van der Waals surface area contributed by atoms with Gasteiger partial charge in [0, 0.05) is 31.9 Å². The normalized spacial score (nSPS) is 15.6. The zero-order valence-electron chi connectivity index (χ0n) is 19.9. The highest BCUT2D eigenvalue weighted by atomic mass is 16.5. The van der Waals surface area contributed by atoms with Crippen molar-refractivity contribution >= 4 is 11.8 Å². The van der Waals surface area contributed by atoms with E-state index < -0.39 is 23.6 Å². The first-order chi connectivity index (χ1) is 16.5. The van der Waals surface area contributed by atoms with Gasteiger partial charge in [-0.2, -0.15) is 0 Å². The van der Waals surface area contributed by atoms with Crippen molar-refractivity contribution in [3.05, 3.63) is 71.0 Å². The molecule has 1 aliphatic heterocycles. The molecule has 1 aliphatic rings. The number of nitrogens with one attached hydrogen (secondary N) is 1. The van der Waals surface area contributed by atoms with E-state index in [1.807, 2.05) is 44.2 Å². The zero-order valence-corrected chi connectivity index (χ0v) is 19.9. The summed E-state index contributed by atoms with van der Waals surface area (Å²) in [6.07, 6.45) is 0.570. The lowest BCUT2D eigenvalue weighted by molar-refractivity contribution is -0.129. The minimum atomic E-state index is -0.771. The van der Waals surface area contributed by atoms with Crippen LogP contribution in [0.1, 0.15) is 37.4 Å². The van der Waals surface area contributed by atoms with Gasteiger partial charge < -0.3 is 29.5 Å². The average Bonchev–Trinajstić information content (AvgIpc) is 3.11. The Hall–Kier alpha value is -3.52. The molecule has 0 saturated heterocycles. The third-order valence-corrected chi connectivity index (χ3v) is 5.57. The molecule has 0 radical (unpaired) electrons. The van der Waals surface area contributed by atoms with Crippen LogP contribution in [-0.2, 0) is 20.9 Å². The highest BCUT2D eigenvalue weighted by molar-refractivity contribution is 6.08. The Kier molecular flexibility index (Phi) is 8.93. The predicted octanol–water partition coefficient (Wildman–Crippen LogP) is 3.53. The van der Waals surface area contributed by atoms with E-state index in [0.29, 0.717) is 49.8 Å². The third-order valence-electron chi connectivity index (χ3n) is 5.57. The molecule has 2 amide bonds. The summed E-state index contributed by atoms with van der Waals surface area (Å²) in [6.45, 7) is 5.80. The van der Waals surface area contributed by atoms with Gasteiger partial charge in [-0.25, -0.2) is 0 Å². The van der Waals surface area contributed by atoms with Gasteiger partial charge in [0.25, 0.3) is 11.8 Å². The number of carbonyl (C=O) groups is 2. The van der Waals surface area contributed by atoms with Crippen LogP contribution in [0.4, 0.5) is 0 Å². The second-order valence-electron chi connectivity index (χ2n) is 7.72. The molecular weight excluding hydrogens is 436 g/mol. The summed E-state index contributed by atoms with van der Waals surface area (Å²) in [5, 5.41) is 13.6. The highest BCUT2D eigenvalue weighted by Crippen LogP contribution is 2.41. The van der Waals surface area contributed by atoms with Crippen molar-refractivity contribution in [2.75, 3.05) is 33.5 Å². The molecule has 8 heteroatoms. The van der Waals surface area contributed by atoms with Crippen LogP contribution >= 0.6 is 0 Å². The minimum Gasteiger partial charge on any atom is -0.503 e. The van der Waals surface area contributed by atoms with Gasteiger partial charge in [0.15, 0.2) is 5.76 Å². The van der Waals surface area contributed by atoms with Crippen LogP contribution in [0.25, 0.3) is 0 Å². The molecule has 0 spiro atoms. The van der Waals surface area contributed by atoms with E-state index in [-0.39, 0.29) is 12.1 Å². The Balaban J connectivity index is 1.88. The van der Waals surface area contributed by atoms with E-state index in [1.165, 1.54) is 4.90 Å². The van der Waals surface area contributed by atoms with Gasteiger partial charge in [-0.05, 0) is 44.0 Å². The number of aliphatic hydroxyl groups is 1. The average molecular weight is 469 g/mol. The fourth-order valence-electron chi connectivity index (χ4n) is 3.94. The van der Waals surface area contributed by atoms with E-state index in [0.717, 1.165) is 5.56 Å². The number of hydrogen-bond donors (Lipinski definition) is 2. The van der Waals surface area contributed by atoms with Crippen LogP contribution in [0.5, 0.6) is 11.5 Å². The van der Waals surface area contributed by atoms with E-state index in [2.05, 4.69) is 5.32 Å². The Morgan fingerprint density at radius 2 is 1.82 bits per heavy atom. The molecule has 1 atom stereocenters. The van der Waals surface area contributed by atoms with Gasteiger partial charge in [-0.3, -0.25) is 9.59 Å². The first kappa shape index (κ1) is 25.1. The molecule has 0 aliphatic carbocycles. The summed E-state index contributed by atoms with van der Waals surface area (Å²) in [7, 11) is 1.59. The first-order valence-electron chi connectivity index (χ1n) is 11.5. The van der Waals surface area contributed by atoms with Crippen LogP contribution < -0.4 is 14.8 Å². The third kappa shape index (κ3) is 5.69. The van der Waals surface area contributed by atoms with E-state index in [9.17, 15) is 14.7 Å². The molecule has 1 heterocycles. The molecule has 182 valence electrons. The summed E-state index contributed by atoms with van der Waals surface area (Å²) in [5.41, 5.74) is 1.52. The number of rotatable bonds is 12. The smallest absolute Gasteiger partial charge is 0.290 e. The Morgan fingerprint density at radius 1 is 1.09 bits per heavy atom. The lowest BCUT2D eigenvalue weighted by Gasteiger charge is -2.28. The summed E-state index contributed by atoms with van der Waals surface area (Å²) in [6, 6.07) is 13.8. The maximum absolute atomic E-state index is 13.3. The number of para-hydroxylation sites is 1. The highest BCUT2D eigenvalue weighted by Gasteiger charge is 2.44. The molecule has 0 fully saturated rings. The lowest BCUT2D eigenvalue weighted by Crippen LogP contribution is -2.34. The Bertz CT molecular complexity index is 1020. The van der Waals surface area contributed by atoms with Crippen LogP contribution in [0.3, 0.4) is 0 Å². The number of hydrogen-bond acceptors (Lipinski definition) is 6. The Morgan fingerprint density at radius 3 is 2.50 bits per heavy atom. The molecule has 2 N–H and O–H groups in total. The molecule has 3 rings (SSSR count). The minimum absolute atomic E-state index is 0.0158. The topological polar surface area (TPSA) is 97.3 Å². The van der Waals surface area contributed by atoms with Gasteiger partial charge in [-0.1, -0.05) is 30.3 Å². The molecular formula is C26H32N2O6. The maximum Gasteiger partial charge on any atom is 0.290 e. The molecule has 8 nitrogen and oxygen atoms in total. The van der Waals surface area contributed by atoms with Crippen LogP contribution in [0.2, 0.25) is 0 Å². The van der Waals surface area contributed by atoms with Crippen LogP contribution in [-0.4, -0.2) is 55.3 Å². The molecule has 2 aromatic carbocycles. The predicted molar refractivity (Wildman–Crippen MR) is 128 cm³/mol. The number of ether oxygens (including phenoxy) is 3. The molecule has 0 bridgehead atoms. The maximum atomic E-state index is 13.3. The van der Waals surface area contributed by atoms with Crippen LogP contribution in [0, 0.1) is 0 Å². The number of aliphatic hydroxyl groups excluding tert-OH is 1. The number of carbonyl (C=O) groups excluding carboxylic acids is 2. The largest absolute Gasteiger partial charge is 0.503 e. The monoisotopic (exact) mass is 468 g/mol. The standard InChI is InChI=1S/C26H32N2O6/c1-4-33-16-8-15-28-23(20-9-6-7-10-21(20)34-5-2)22(24(29)26(28)31)25(30)27-17-18-11-13-19(32-3)14-12-18/h6-7,9-14,23,29H,4-5,8,15-17H2,1-3H3,(H,27,30). The first-order valence-corrected chi connectivity index (χ1v) is 11.5. The summed E-state index contributed by atoms with van der Waals surface area (Å²) >= 11 is 0. The van der Waals surface area contributed by atoms with Gasteiger partial charge in [-0.15, -0.1) is 0 Å². The number of benzene rings is 2. The van der Waals surface area contributed by atoms with Crippen LogP contribution in [0.15, 0.2) is 59.9 Å². The molecule has 2 aromatic rings. The Labute approximate surface area is 200 Å². The molecule has 0 saturated carbocycles. The van der Waals surface area contributed by atoms with E-state index >= 15 is 0 Å². The fraction of sp³-hybridized carbons (Fsp3) is 0.385. The summed E-state index contributed by atoms with van der Waals surface area (Å²) in [4.78, 5) is 27.8. The van der Waals surface area contributed by atoms with Gasteiger partial charge in [0.05, 0.1) is 25.3 Å². The molecule has 0 aromatic heterocycles. The second-order valence-corrected chi connectivity index (χ2v) is 7.72. The van der Waals surface area contributed by atoms with Crippen molar-refractivity contribution in [2.24, 2.45) is 0 Å². The number of methoxy groups -OCH3 is 1. The van der Waals surface area contributed by atoms with E-state index in [4.69, 9.17) is 14.2 Å².